The van der Waals surface area contributed by atoms with Crippen molar-refractivity contribution in [2.45, 2.75) is 32.6 Å². The van der Waals surface area contributed by atoms with Crippen LogP contribution >= 0.6 is 11.6 Å². The van der Waals surface area contributed by atoms with E-state index in [0.717, 1.165) is 25.9 Å². The summed E-state index contributed by atoms with van der Waals surface area (Å²) in [6.07, 6.45) is 1.98. The molecule has 1 aromatic heterocycles. The normalized spacial score (nSPS) is 15.6. The molecule has 1 N–H and O–H groups in total. The van der Waals surface area contributed by atoms with Gasteiger partial charge in [-0.05, 0) is 68.7 Å². The van der Waals surface area contributed by atoms with Crippen molar-refractivity contribution in [1.82, 2.24) is 9.88 Å². The van der Waals surface area contributed by atoms with Crippen LogP contribution in [0, 0.1) is 13.8 Å². The van der Waals surface area contributed by atoms with Crippen LogP contribution in [0.1, 0.15) is 45.9 Å². The van der Waals surface area contributed by atoms with Gasteiger partial charge in [-0.1, -0.05) is 23.2 Å². The Hall–Kier alpha value is -2.26. The Morgan fingerprint density at radius 3 is 2.46 bits per heavy atom. The van der Waals surface area contributed by atoms with Crippen LogP contribution in [0.3, 0.4) is 0 Å². The number of benzene rings is 2. The van der Waals surface area contributed by atoms with E-state index in [1.807, 2.05) is 4.90 Å². The van der Waals surface area contributed by atoms with Gasteiger partial charge in [0.1, 0.15) is 0 Å². The number of aryl methyl sites for hydroxylation is 2. The molecule has 1 aliphatic heterocycles. The fraction of sp³-hybridized carbons (Fsp3) is 0.318. The zero-order valence-electron chi connectivity index (χ0n) is 15.2. The van der Waals surface area contributed by atoms with Crippen molar-refractivity contribution in [1.29, 1.82) is 0 Å². The van der Waals surface area contributed by atoms with Gasteiger partial charge in [0.2, 0.25) is 0 Å². The number of rotatable bonds is 2. The lowest BCUT2D eigenvalue weighted by atomic mass is 9.91. The van der Waals surface area contributed by atoms with Gasteiger partial charge in [-0.3, -0.25) is 4.79 Å². The minimum atomic E-state index is 0.101. The first-order valence-corrected chi connectivity index (χ1v) is 9.54. The van der Waals surface area contributed by atoms with Crippen molar-refractivity contribution in [2.24, 2.45) is 0 Å². The third-order valence-electron chi connectivity index (χ3n) is 5.53. The van der Waals surface area contributed by atoms with Gasteiger partial charge in [-0.2, -0.15) is 0 Å². The standard InChI is InChI=1S/C22H23ClN2O/c1-14-3-8-20-19(13-14)15(2)21(24-20)16-9-11-25(12-10-16)22(26)17-4-6-18(23)7-5-17/h3-8,13,16,24H,9-12H2,1-2H3. The predicted molar refractivity (Wildman–Crippen MR) is 107 cm³/mol. The molecule has 2 heterocycles. The Balaban J connectivity index is 1.49. The van der Waals surface area contributed by atoms with Crippen LogP contribution in [0.25, 0.3) is 10.9 Å². The number of nitrogens with one attached hydrogen (secondary N) is 1. The summed E-state index contributed by atoms with van der Waals surface area (Å²) < 4.78 is 0. The number of H-pyrrole nitrogens is 1. The first-order valence-electron chi connectivity index (χ1n) is 9.16. The summed E-state index contributed by atoms with van der Waals surface area (Å²) in [6, 6.07) is 13.7. The maximum atomic E-state index is 12.7. The fourth-order valence-corrected chi connectivity index (χ4v) is 4.14. The molecule has 0 bridgehead atoms. The van der Waals surface area contributed by atoms with E-state index in [4.69, 9.17) is 11.6 Å². The van der Waals surface area contributed by atoms with Crippen LogP contribution in [0.2, 0.25) is 5.02 Å². The molecule has 0 saturated carbocycles. The first kappa shape index (κ1) is 17.2. The topological polar surface area (TPSA) is 36.1 Å². The van der Waals surface area contributed by atoms with Crippen molar-refractivity contribution >= 4 is 28.4 Å². The molecule has 0 radical (unpaired) electrons. The Kier molecular flexibility index (Phi) is 4.49. The van der Waals surface area contributed by atoms with Crippen molar-refractivity contribution in [2.75, 3.05) is 13.1 Å². The number of aromatic nitrogens is 1. The second-order valence-corrected chi connectivity index (χ2v) is 7.72. The van der Waals surface area contributed by atoms with Gasteiger partial charge in [0.25, 0.3) is 5.91 Å². The van der Waals surface area contributed by atoms with Crippen LogP contribution < -0.4 is 0 Å². The quantitative estimate of drug-likeness (QED) is 0.642. The molecule has 134 valence electrons. The largest absolute Gasteiger partial charge is 0.358 e. The molecule has 1 saturated heterocycles. The maximum absolute atomic E-state index is 12.7. The lowest BCUT2D eigenvalue weighted by molar-refractivity contribution is 0.0712. The molecule has 0 atom stereocenters. The SMILES string of the molecule is Cc1ccc2[nH]c(C3CCN(C(=O)c4ccc(Cl)cc4)CC3)c(C)c2c1. The molecule has 0 aliphatic carbocycles. The summed E-state index contributed by atoms with van der Waals surface area (Å²) in [4.78, 5) is 18.3. The van der Waals surface area contributed by atoms with E-state index in [0.29, 0.717) is 16.5 Å². The highest BCUT2D eigenvalue weighted by Crippen LogP contribution is 2.34. The Labute approximate surface area is 159 Å². The van der Waals surface area contributed by atoms with Crippen LogP contribution in [-0.2, 0) is 0 Å². The number of hydrogen-bond acceptors (Lipinski definition) is 1. The molecule has 1 aliphatic rings. The zero-order chi connectivity index (χ0) is 18.3. The molecule has 26 heavy (non-hydrogen) atoms. The Bertz CT molecular complexity index is 950. The summed E-state index contributed by atoms with van der Waals surface area (Å²) >= 11 is 5.92. The second kappa shape index (κ2) is 6.81. The zero-order valence-corrected chi connectivity index (χ0v) is 15.9. The molecule has 1 fully saturated rings. The van der Waals surface area contributed by atoms with Gasteiger partial charge >= 0.3 is 0 Å². The molecular weight excluding hydrogens is 344 g/mol. The van der Waals surface area contributed by atoms with Crippen molar-refractivity contribution in [3.63, 3.8) is 0 Å². The summed E-state index contributed by atoms with van der Waals surface area (Å²) in [5.41, 5.74) is 5.90. The molecule has 3 aromatic rings. The average molecular weight is 367 g/mol. The smallest absolute Gasteiger partial charge is 0.253 e. The lowest BCUT2D eigenvalue weighted by Gasteiger charge is -2.32. The number of likely N-dealkylation sites (tertiary alicyclic amines) is 1. The van der Waals surface area contributed by atoms with Crippen LogP contribution in [0.15, 0.2) is 42.5 Å². The molecule has 0 unspecified atom stereocenters. The van der Waals surface area contributed by atoms with E-state index < -0.39 is 0 Å². The highest BCUT2D eigenvalue weighted by molar-refractivity contribution is 6.30. The molecule has 1 amide bonds. The maximum Gasteiger partial charge on any atom is 0.253 e. The van der Waals surface area contributed by atoms with Gasteiger partial charge in [0.15, 0.2) is 0 Å². The average Bonchev–Trinajstić information content (AvgIpc) is 2.98. The first-order chi connectivity index (χ1) is 12.5. The highest BCUT2D eigenvalue weighted by atomic mass is 35.5. The molecule has 4 rings (SSSR count). The third-order valence-corrected chi connectivity index (χ3v) is 5.79. The van der Waals surface area contributed by atoms with E-state index in [9.17, 15) is 4.79 Å². The monoisotopic (exact) mass is 366 g/mol. The minimum Gasteiger partial charge on any atom is -0.358 e. The van der Waals surface area contributed by atoms with Gasteiger partial charge in [0, 0.05) is 46.2 Å². The number of hydrogen-bond donors (Lipinski definition) is 1. The molecule has 3 nitrogen and oxygen atoms in total. The number of carbonyl (C=O) groups is 1. The number of piperidine rings is 1. The number of fused-ring (bicyclic) bond motifs is 1. The van der Waals surface area contributed by atoms with E-state index in [2.05, 4.69) is 37.0 Å². The molecule has 2 aromatic carbocycles. The number of aromatic amines is 1. The number of halogens is 1. The van der Waals surface area contributed by atoms with Crippen LogP contribution in [0.4, 0.5) is 0 Å². The number of nitrogens with zero attached hydrogens (tertiary/aromatic N) is 1. The molecular formula is C22H23ClN2O. The highest BCUT2D eigenvalue weighted by Gasteiger charge is 2.26. The van der Waals surface area contributed by atoms with E-state index in [1.54, 1.807) is 24.3 Å². The number of amides is 1. The summed E-state index contributed by atoms with van der Waals surface area (Å²) in [5.74, 6) is 0.584. The minimum absolute atomic E-state index is 0.101. The summed E-state index contributed by atoms with van der Waals surface area (Å²) in [7, 11) is 0. The fourth-order valence-electron chi connectivity index (χ4n) is 4.02. The van der Waals surface area contributed by atoms with Crippen molar-refractivity contribution < 1.29 is 4.79 Å². The van der Waals surface area contributed by atoms with Gasteiger partial charge in [-0.15, -0.1) is 0 Å². The van der Waals surface area contributed by atoms with E-state index in [-0.39, 0.29) is 5.91 Å². The second-order valence-electron chi connectivity index (χ2n) is 7.29. The van der Waals surface area contributed by atoms with Crippen LogP contribution in [0.5, 0.6) is 0 Å². The Morgan fingerprint density at radius 1 is 1.08 bits per heavy atom. The van der Waals surface area contributed by atoms with E-state index in [1.165, 1.54) is 27.7 Å². The van der Waals surface area contributed by atoms with Crippen molar-refractivity contribution in [3.05, 3.63) is 69.9 Å². The van der Waals surface area contributed by atoms with E-state index >= 15 is 0 Å². The summed E-state index contributed by atoms with van der Waals surface area (Å²) in [5, 5.41) is 1.98. The van der Waals surface area contributed by atoms with Crippen molar-refractivity contribution in [3.8, 4) is 0 Å². The number of carbonyl (C=O) groups excluding carboxylic acids is 1. The molecule has 4 heteroatoms. The van der Waals surface area contributed by atoms with Crippen LogP contribution in [-0.4, -0.2) is 28.9 Å². The summed E-state index contributed by atoms with van der Waals surface area (Å²) in [6.45, 7) is 5.92. The van der Waals surface area contributed by atoms with Gasteiger partial charge < -0.3 is 9.88 Å². The van der Waals surface area contributed by atoms with Gasteiger partial charge in [0.05, 0.1) is 0 Å². The Morgan fingerprint density at radius 2 is 1.77 bits per heavy atom. The predicted octanol–water partition coefficient (Wildman–Crippen LogP) is 5.46. The lowest BCUT2D eigenvalue weighted by Crippen LogP contribution is -2.38. The third kappa shape index (κ3) is 3.12. The molecule has 0 spiro atoms. The van der Waals surface area contributed by atoms with Gasteiger partial charge in [-0.25, -0.2) is 0 Å².